The minimum Gasteiger partial charge on any atom is -0.335 e. The van der Waals surface area contributed by atoms with Crippen molar-refractivity contribution in [2.75, 3.05) is 0 Å². The van der Waals surface area contributed by atoms with Gasteiger partial charge in [-0.2, -0.15) is 0 Å². The Morgan fingerprint density at radius 2 is 2.13 bits per heavy atom. The van der Waals surface area contributed by atoms with Crippen molar-refractivity contribution in [3.8, 4) is 0 Å². The van der Waals surface area contributed by atoms with Crippen molar-refractivity contribution in [1.82, 2.24) is 14.5 Å². The Morgan fingerprint density at radius 3 is 2.73 bits per heavy atom. The zero-order valence-corrected chi connectivity index (χ0v) is 9.36. The number of fused-ring (bicyclic) bond motifs is 1. The average Bonchev–Trinajstić information content (AvgIpc) is 2.55. The van der Waals surface area contributed by atoms with Crippen molar-refractivity contribution in [3.63, 3.8) is 0 Å². The summed E-state index contributed by atoms with van der Waals surface area (Å²) in [5.41, 5.74) is 8.90. The molecule has 15 heavy (non-hydrogen) atoms. The van der Waals surface area contributed by atoms with Gasteiger partial charge in [-0.25, -0.2) is 9.97 Å². The Labute approximate surface area is 89.1 Å². The summed E-state index contributed by atoms with van der Waals surface area (Å²) >= 11 is 0. The molecule has 0 saturated heterocycles. The van der Waals surface area contributed by atoms with Crippen molar-refractivity contribution in [2.45, 2.75) is 26.3 Å². The van der Waals surface area contributed by atoms with Gasteiger partial charge in [-0.3, -0.25) is 0 Å². The van der Waals surface area contributed by atoms with E-state index >= 15 is 0 Å². The zero-order valence-electron chi connectivity index (χ0n) is 9.36. The molecular formula is C11H16N4. The van der Waals surface area contributed by atoms with Gasteiger partial charge in [0.05, 0.1) is 5.69 Å². The number of aryl methyl sites for hydroxylation is 1. The van der Waals surface area contributed by atoms with Crippen LogP contribution in [-0.2, 0) is 13.6 Å². The molecule has 0 aliphatic heterocycles. The summed E-state index contributed by atoms with van der Waals surface area (Å²) in [6.45, 7) is 4.80. The molecule has 2 aromatic heterocycles. The summed E-state index contributed by atoms with van der Waals surface area (Å²) in [5.74, 6) is 0.392. The number of hydrogen-bond acceptors (Lipinski definition) is 3. The van der Waals surface area contributed by atoms with Crippen LogP contribution >= 0.6 is 0 Å². The maximum absolute atomic E-state index is 5.73. The van der Waals surface area contributed by atoms with Crippen LogP contribution in [0.1, 0.15) is 31.0 Å². The van der Waals surface area contributed by atoms with E-state index in [1.807, 2.05) is 17.8 Å². The lowest BCUT2D eigenvalue weighted by Gasteiger charge is -2.06. The molecule has 0 aromatic carbocycles. The minimum atomic E-state index is 0.392. The quantitative estimate of drug-likeness (QED) is 0.807. The first-order valence-corrected chi connectivity index (χ1v) is 5.14. The first-order valence-electron chi connectivity index (χ1n) is 5.14. The fraction of sp³-hybridized carbons (Fsp3) is 0.455. The maximum Gasteiger partial charge on any atom is 0.143 e. The molecule has 2 heterocycles. The molecule has 0 radical (unpaired) electrons. The molecule has 4 heteroatoms. The second kappa shape index (κ2) is 3.62. The van der Waals surface area contributed by atoms with Gasteiger partial charge in [-0.15, -0.1) is 0 Å². The molecule has 4 nitrogen and oxygen atoms in total. The maximum atomic E-state index is 5.73. The Hall–Kier alpha value is -1.42. The summed E-state index contributed by atoms with van der Waals surface area (Å²) < 4.78 is 2.01. The lowest BCUT2D eigenvalue weighted by Crippen LogP contribution is -2.00. The van der Waals surface area contributed by atoms with Crippen molar-refractivity contribution in [2.24, 2.45) is 12.8 Å². The highest BCUT2D eigenvalue weighted by molar-refractivity contribution is 5.83. The normalized spacial score (nSPS) is 11.5. The van der Waals surface area contributed by atoms with Crippen molar-refractivity contribution < 1.29 is 0 Å². The molecule has 0 atom stereocenters. The van der Waals surface area contributed by atoms with E-state index in [1.165, 1.54) is 0 Å². The van der Waals surface area contributed by atoms with Crippen molar-refractivity contribution in [3.05, 3.63) is 23.8 Å². The third-order valence-electron chi connectivity index (χ3n) is 2.63. The van der Waals surface area contributed by atoms with Crippen LogP contribution in [0.5, 0.6) is 0 Å². The number of hydrogen-bond donors (Lipinski definition) is 1. The fourth-order valence-corrected chi connectivity index (χ4v) is 1.92. The van der Waals surface area contributed by atoms with Crippen LogP contribution in [0.25, 0.3) is 11.0 Å². The molecule has 2 aromatic rings. The van der Waals surface area contributed by atoms with Gasteiger partial charge in [0.25, 0.3) is 0 Å². The van der Waals surface area contributed by atoms with E-state index in [9.17, 15) is 0 Å². The predicted molar refractivity (Wildman–Crippen MR) is 60.5 cm³/mol. The van der Waals surface area contributed by atoms with Crippen LogP contribution in [0.2, 0.25) is 0 Å². The van der Waals surface area contributed by atoms with Gasteiger partial charge in [0.15, 0.2) is 0 Å². The molecule has 80 valence electrons. The molecular weight excluding hydrogens is 188 g/mol. The minimum absolute atomic E-state index is 0.392. The summed E-state index contributed by atoms with van der Waals surface area (Å²) in [7, 11) is 1.98. The first-order chi connectivity index (χ1) is 7.15. The number of aromatic nitrogens is 3. The molecule has 0 aliphatic carbocycles. The van der Waals surface area contributed by atoms with Crippen molar-refractivity contribution >= 4 is 11.0 Å². The predicted octanol–water partition coefficient (Wildman–Crippen LogP) is 1.55. The summed E-state index contributed by atoms with van der Waals surface area (Å²) in [6.07, 6.45) is 3.66. The molecule has 2 rings (SSSR count). The van der Waals surface area contributed by atoms with Gasteiger partial charge in [0.2, 0.25) is 0 Å². The number of rotatable bonds is 2. The Kier molecular flexibility index (Phi) is 2.44. The topological polar surface area (TPSA) is 56.7 Å². The van der Waals surface area contributed by atoms with Gasteiger partial charge >= 0.3 is 0 Å². The fourth-order valence-electron chi connectivity index (χ4n) is 1.92. The van der Waals surface area contributed by atoms with Crippen LogP contribution < -0.4 is 5.73 Å². The Bertz CT molecular complexity index is 485. The molecule has 0 spiro atoms. The highest BCUT2D eigenvalue weighted by Gasteiger charge is 2.14. The molecule has 0 bridgehead atoms. The lowest BCUT2D eigenvalue weighted by molar-refractivity contribution is 0.824. The van der Waals surface area contributed by atoms with E-state index in [1.54, 1.807) is 6.33 Å². The molecule has 2 N–H and O–H groups in total. The SMILES string of the molecule is CC(C)c1ncnc2c1c(CN)cn2C. The van der Waals surface area contributed by atoms with Crippen LogP contribution in [0.4, 0.5) is 0 Å². The van der Waals surface area contributed by atoms with E-state index in [-0.39, 0.29) is 0 Å². The Balaban J connectivity index is 2.82. The Morgan fingerprint density at radius 1 is 1.40 bits per heavy atom. The van der Waals surface area contributed by atoms with Crippen molar-refractivity contribution in [1.29, 1.82) is 0 Å². The molecule has 0 unspecified atom stereocenters. The monoisotopic (exact) mass is 204 g/mol. The number of nitrogens with two attached hydrogens (primary N) is 1. The molecule has 0 saturated carbocycles. The average molecular weight is 204 g/mol. The van der Waals surface area contributed by atoms with Gasteiger partial charge < -0.3 is 10.3 Å². The zero-order chi connectivity index (χ0) is 11.0. The molecule has 0 amide bonds. The van der Waals surface area contributed by atoms with Crippen LogP contribution in [0.3, 0.4) is 0 Å². The van der Waals surface area contributed by atoms with E-state index in [2.05, 4.69) is 23.8 Å². The van der Waals surface area contributed by atoms with E-state index in [4.69, 9.17) is 5.73 Å². The second-order valence-corrected chi connectivity index (χ2v) is 4.08. The van der Waals surface area contributed by atoms with E-state index in [0.29, 0.717) is 12.5 Å². The molecule has 0 aliphatic rings. The highest BCUT2D eigenvalue weighted by atomic mass is 15.0. The highest BCUT2D eigenvalue weighted by Crippen LogP contribution is 2.25. The standard InChI is InChI=1S/C11H16N4/c1-7(2)10-9-8(4-12)5-15(3)11(9)14-6-13-10/h5-7H,4,12H2,1-3H3. The van der Waals surface area contributed by atoms with E-state index in [0.717, 1.165) is 22.3 Å². The summed E-state index contributed by atoms with van der Waals surface area (Å²) in [4.78, 5) is 8.64. The van der Waals surface area contributed by atoms with Gasteiger partial charge in [0.1, 0.15) is 12.0 Å². The molecule has 0 fully saturated rings. The van der Waals surface area contributed by atoms with Gasteiger partial charge in [-0.05, 0) is 11.5 Å². The smallest absolute Gasteiger partial charge is 0.143 e. The van der Waals surface area contributed by atoms with Crippen LogP contribution in [-0.4, -0.2) is 14.5 Å². The van der Waals surface area contributed by atoms with E-state index < -0.39 is 0 Å². The summed E-state index contributed by atoms with van der Waals surface area (Å²) in [6, 6.07) is 0. The first kappa shape index (κ1) is 10.1. The largest absolute Gasteiger partial charge is 0.335 e. The van der Waals surface area contributed by atoms with Gasteiger partial charge in [-0.1, -0.05) is 13.8 Å². The third-order valence-corrected chi connectivity index (χ3v) is 2.63. The van der Waals surface area contributed by atoms with Crippen LogP contribution in [0.15, 0.2) is 12.5 Å². The summed E-state index contributed by atoms with van der Waals surface area (Å²) in [5, 5.41) is 1.12. The second-order valence-electron chi connectivity index (χ2n) is 4.08. The van der Waals surface area contributed by atoms with Crippen LogP contribution in [0, 0.1) is 0 Å². The van der Waals surface area contributed by atoms with Gasteiger partial charge in [0, 0.05) is 25.2 Å². The lowest BCUT2D eigenvalue weighted by atomic mass is 10.0. The third kappa shape index (κ3) is 1.51. The number of nitrogens with zero attached hydrogens (tertiary/aromatic N) is 3.